The predicted octanol–water partition coefficient (Wildman–Crippen LogP) is 1.71. The van der Waals surface area contributed by atoms with E-state index in [1.807, 2.05) is 0 Å². The lowest BCUT2D eigenvalue weighted by Gasteiger charge is -2.13. The molecule has 1 heterocycles. The number of rotatable bonds is 7. The van der Waals surface area contributed by atoms with Crippen molar-refractivity contribution >= 4 is 27.5 Å². The van der Waals surface area contributed by atoms with E-state index in [9.17, 15) is 13.2 Å². The fraction of sp³-hybridized carbons (Fsp3) is 0.400. The number of halogens is 1. The van der Waals surface area contributed by atoms with E-state index < -0.39 is 15.9 Å². The fourth-order valence-corrected chi connectivity index (χ4v) is 3.79. The third-order valence-corrected chi connectivity index (χ3v) is 5.32. The highest BCUT2D eigenvalue weighted by atomic mass is 35.5. The average molecular weight is 359 g/mol. The summed E-state index contributed by atoms with van der Waals surface area (Å²) in [6, 6.07) is 4.13. The van der Waals surface area contributed by atoms with Gasteiger partial charge in [0.15, 0.2) is 0 Å². The number of amides is 1. The van der Waals surface area contributed by atoms with Crippen molar-refractivity contribution in [1.29, 1.82) is 0 Å². The number of carbonyl (C=O) groups excluding carboxylic acids is 1. The van der Waals surface area contributed by atoms with Crippen LogP contribution in [0.15, 0.2) is 35.7 Å². The van der Waals surface area contributed by atoms with Crippen molar-refractivity contribution < 1.29 is 17.9 Å². The van der Waals surface area contributed by atoms with Crippen LogP contribution in [0.3, 0.4) is 0 Å². The first-order chi connectivity index (χ1) is 10.9. The Labute approximate surface area is 140 Å². The second-order valence-corrected chi connectivity index (χ2v) is 7.27. The molecule has 0 aliphatic carbocycles. The van der Waals surface area contributed by atoms with Gasteiger partial charge < -0.3 is 10.1 Å². The van der Waals surface area contributed by atoms with Gasteiger partial charge in [0.2, 0.25) is 10.0 Å². The summed E-state index contributed by atoms with van der Waals surface area (Å²) in [7, 11) is -3.82. The van der Waals surface area contributed by atoms with E-state index in [2.05, 4.69) is 16.6 Å². The molecule has 1 unspecified atom stereocenters. The van der Waals surface area contributed by atoms with Gasteiger partial charge in [-0.2, -0.15) is 0 Å². The number of ether oxygens (including phenoxy) is 1. The molecule has 1 amide bonds. The van der Waals surface area contributed by atoms with Crippen LogP contribution in [0.25, 0.3) is 0 Å². The molecule has 6 nitrogen and oxygen atoms in total. The van der Waals surface area contributed by atoms with Crippen molar-refractivity contribution in [2.75, 3.05) is 19.7 Å². The SMILES string of the molecule is C=CCNC(=O)c1ccc(Cl)c(S(=O)(=O)NCC2CCCO2)c1. The summed E-state index contributed by atoms with van der Waals surface area (Å²) in [5.74, 6) is -0.392. The number of hydrogen-bond donors (Lipinski definition) is 2. The molecular weight excluding hydrogens is 340 g/mol. The molecule has 0 aromatic heterocycles. The monoisotopic (exact) mass is 358 g/mol. The van der Waals surface area contributed by atoms with E-state index in [4.69, 9.17) is 16.3 Å². The van der Waals surface area contributed by atoms with Crippen LogP contribution in [-0.2, 0) is 14.8 Å². The van der Waals surface area contributed by atoms with E-state index in [0.29, 0.717) is 13.2 Å². The minimum Gasteiger partial charge on any atom is -0.377 e. The van der Waals surface area contributed by atoms with Crippen LogP contribution in [-0.4, -0.2) is 40.1 Å². The second kappa shape index (κ2) is 7.92. The molecule has 1 saturated heterocycles. The molecule has 2 rings (SSSR count). The molecule has 126 valence electrons. The Morgan fingerprint density at radius 1 is 1.48 bits per heavy atom. The van der Waals surface area contributed by atoms with Crippen LogP contribution in [0.4, 0.5) is 0 Å². The van der Waals surface area contributed by atoms with Gasteiger partial charge in [-0.05, 0) is 31.0 Å². The molecule has 23 heavy (non-hydrogen) atoms. The first kappa shape index (κ1) is 17.9. The van der Waals surface area contributed by atoms with Gasteiger partial charge >= 0.3 is 0 Å². The summed E-state index contributed by atoms with van der Waals surface area (Å²) in [6.07, 6.45) is 3.16. The van der Waals surface area contributed by atoms with Crippen LogP contribution in [0.1, 0.15) is 23.2 Å². The van der Waals surface area contributed by atoms with Crippen molar-refractivity contribution in [3.05, 3.63) is 41.4 Å². The van der Waals surface area contributed by atoms with Crippen molar-refractivity contribution in [2.24, 2.45) is 0 Å². The maximum absolute atomic E-state index is 12.4. The van der Waals surface area contributed by atoms with Gasteiger partial charge in [0.1, 0.15) is 4.90 Å². The summed E-state index contributed by atoms with van der Waals surface area (Å²) in [4.78, 5) is 11.8. The maximum atomic E-state index is 12.4. The molecule has 0 bridgehead atoms. The Balaban J connectivity index is 2.15. The van der Waals surface area contributed by atoms with Crippen molar-refractivity contribution in [3.8, 4) is 0 Å². The van der Waals surface area contributed by atoms with Gasteiger partial charge in [-0.15, -0.1) is 6.58 Å². The maximum Gasteiger partial charge on any atom is 0.251 e. The highest BCUT2D eigenvalue weighted by Crippen LogP contribution is 2.23. The first-order valence-electron chi connectivity index (χ1n) is 7.24. The zero-order valence-electron chi connectivity index (χ0n) is 12.5. The first-order valence-corrected chi connectivity index (χ1v) is 9.10. The molecule has 1 aromatic rings. The quantitative estimate of drug-likeness (QED) is 0.727. The molecule has 0 radical (unpaired) electrons. The van der Waals surface area contributed by atoms with Crippen LogP contribution in [0, 0.1) is 0 Å². The smallest absolute Gasteiger partial charge is 0.251 e. The third-order valence-electron chi connectivity index (χ3n) is 3.41. The number of nitrogens with one attached hydrogen (secondary N) is 2. The Morgan fingerprint density at radius 3 is 2.91 bits per heavy atom. The van der Waals surface area contributed by atoms with E-state index in [1.165, 1.54) is 24.3 Å². The van der Waals surface area contributed by atoms with Crippen molar-refractivity contribution in [1.82, 2.24) is 10.0 Å². The largest absolute Gasteiger partial charge is 0.377 e. The van der Waals surface area contributed by atoms with E-state index >= 15 is 0 Å². The molecule has 8 heteroatoms. The fourth-order valence-electron chi connectivity index (χ4n) is 2.20. The average Bonchev–Trinajstić information content (AvgIpc) is 3.04. The van der Waals surface area contributed by atoms with Gasteiger partial charge in [0.25, 0.3) is 5.91 Å². The van der Waals surface area contributed by atoms with E-state index in [0.717, 1.165) is 12.8 Å². The van der Waals surface area contributed by atoms with Crippen molar-refractivity contribution in [3.63, 3.8) is 0 Å². The van der Waals surface area contributed by atoms with E-state index in [1.54, 1.807) is 0 Å². The zero-order valence-corrected chi connectivity index (χ0v) is 14.1. The lowest BCUT2D eigenvalue weighted by Crippen LogP contribution is -2.32. The lowest BCUT2D eigenvalue weighted by molar-refractivity contribution is 0.0957. The van der Waals surface area contributed by atoms with Gasteiger partial charge in [-0.1, -0.05) is 17.7 Å². The third kappa shape index (κ3) is 4.78. The second-order valence-electron chi connectivity index (χ2n) is 5.13. The zero-order chi connectivity index (χ0) is 16.9. The normalized spacial score (nSPS) is 17.9. The summed E-state index contributed by atoms with van der Waals surface area (Å²) >= 11 is 5.99. The summed E-state index contributed by atoms with van der Waals surface area (Å²) in [5, 5.41) is 2.65. The van der Waals surface area contributed by atoms with Crippen LogP contribution in [0.2, 0.25) is 5.02 Å². The molecule has 1 fully saturated rings. The molecule has 1 atom stereocenters. The summed E-state index contributed by atoms with van der Waals surface area (Å²) in [5.41, 5.74) is 0.216. The summed E-state index contributed by atoms with van der Waals surface area (Å²) < 4.78 is 32.7. The van der Waals surface area contributed by atoms with Crippen molar-refractivity contribution in [2.45, 2.75) is 23.8 Å². The Kier molecular flexibility index (Phi) is 6.17. The molecule has 1 aromatic carbocycles. The molecule has 1 aliphatic heterocycles. The minimum absolute atomic E-state index is 0.0603. The minimum atomic E-state index is -3.82. The molecular formula is C15H19ClN2O4S. The molecule has 0 saturated carbocycles. The van der Waals surface area contributed by atoms with Gasteiger partial charge in [0.05, 0.1) is 11.1 Å². The highest BCUT2D eigenvalue weighted by Gasteiger charge is 2.23. The number of benzene rings is 1. The standard InChI is InChI=1S/C15H19ClN2O4S/c1-2-7-17-15(19)11-5-6-13(16)14(9-11)23(20,21)18-10-12-4-3-8-22-12/h2,5-6,9,12,18H,1,3-4,7-8,10H2,(H,17,19). The Hall–Kier alpha value is -1.41. The Morgan fingerprint density at radius 2 is 2.26 bits per heavy atom. The molecule has 1 aliphatic rings. The summed E-state index contributed by atoms with van der Waals surface area (Å²) in [6.45, 7) is 4.63. The van der Waals surface area contributed by atoms with Gasteiger partial charge in [-0.3, -0.25) is 4.79 Å². The Bertz CT molecular complexity index is 685. The number of sulfonamides is 1. The van der Waals surface area contributed by atoms with Crippen LogP contribution in [0.5, 0.6) is 0 Å². The van der Waals surface area contributed by atoms with E-state index in [-0.39, 0.29) is 28.1 Å². The topological polar surface area (TPSA) is 84.5 Å². The number of carbonyl (C=O) groups is 1. The predicted molar refractivity (Wildman–Crippen MR) is 88.1 cm³/mol. The van der Waals surface area contributed by atoms with Crippen LogP contribution >= 0.6 is 11.6 Å². The van der Waals surface area contributed by atoms with Gasteiger partial charge in [0, 0.05) is 25.3 Å². The molecule has 2 N–H and O–H groups in total. The number of hydrogen-bond acceptors (Lipinski definition) is 4. The van der Waals surface area contributed by atoms with Gasteiger partial charge in [-0.25, -0.2) is 13.1 Å². The highest BCUT2D eigenvalue weighted by molar-refractivity contribution is 7.89. The van der Waals surface area contributed by atoms with Crippen LogP contribution < -0.4 is 10.0 Å². The lowest BCUT2D eigenvalue weighted by atomic mass is 10.2. The molecule has 0 spiro atoms.